The third-order valence-electron chi connectivity index (χ3n) is 1.52. The van der Waals surface area contributed by atoms with Crippen LogP contribution in [-0.4, -0.2) is 6.26 Å². The number of aryl methyl sites for hydroxylation is 1. The SMILES string of the molecule is CCc1[c]c(N)[c]cc1SC. The van der Waals surface area contributed by atoms with Crippen molar-refractivity contribution in [3.8, 4) is 0 Å². The highest BCUT2D eigenvalue weighted by Gasteiger charge is 1.99. The maximum atomic E-state index is 5.54. The summed E-state index contributed by atoms with van der Waals surface area (Å²) < 4.78 is 0. The van der Waals surface area contributed by atoms with Crippen LogP contribution < -0.4 is 5.73 Å². The van der Waals surface area contributed by atoms with Crippen LogP contribution in [0.15, 0.2) is 11.0 Å². The highest BCUT2D eigenvalue weighted by atomic mass is 32.2. The molecule has 1 rings (SSSR count). The molecule has 0 saturated carbocycles. The van der Waals surface area contributed by atoms with Crippen LogP contribution in [0.25, 0.3) is 0 Å². The van der Waals surface area contributed by atoms with Crippen molar-refractivity contribution in [2.45, 2.75) is 18.2 Å². The van der Waals surface area contributed by atoms with Crippen LogP contribution in [0.1, 0.15) is 12.5 Å². The van der Waals surface area contributed by atoms with E-state index in [0.29, 0.717) is 5.69 Å². The maximum absolute atomic E-state index is 5.54. The first kappa shape index (κ1) is 8.47. The first-order valence-electron chi connectivity index (χ1n) is 3.54. The Kier molecular flexibility index (Phi) is 2.83. The number of thioether (sulfide) groups is 1. The van der Waals surface area contributed by atoms with Crippen molar-refractivity contribution in [1.29, 1.82) is 0 Å². The van der Waals surface area contributed by atoms with Gasteiger partial charge >= 0.3 is 0 Å². The lowest BCUT2D eigenvalue weighted by molar-refractivity contribution is 1.08. The zero-order valence-corrected chi connectivity index (χ0v) is 7.59. The standard InChI is InChI=1S/C9H11NS/c1-3-7-6-8(10)4-5-9(7)11-2/h5H,3,10H2,1-2H3. The van der Waals surface area contributed by atoms with Crippen molar-refractivity contribution >= 4 is 17.4 Å². The first-order chi connectivity index (χ1) is 5.27. The Bertz CT molecular complexity index is 245. The van der Waals surface area contributed by atoms with Crippen molar-refractivity contribution in [1.82, 2.24) is 0 Å². The maximum Gasteiger partial charge on any atom is 0.0478 e. The lowest BCUT2D eigenvalue weighted by Crippen LogP contribution is -1.90. The fourth-order valence-corrected chi connectivity index (χ4v) is 1.55. The van der Waals surface area contributed by atoms with Gasteiger partial charge in [0, 0.05) is 22.7 Å². The van der Waals surface area contributed by atoms with Gasteiger partial charge in [0.25, 0.3) is 0 Å². The molecule has 2 radical (unpaired) electrons. The molecule has 0 atom stereocenters. The number of anilines is 1. The van der Waals surface area contributed by atoms with Gasteiger partial charge in [-0.2, -0.15) is 0 Å². The number of hydrogen-bond donors (Lipinski definition) is 1. The Balaban J connectivity index is 3.06. The normalized spacial score (nSPS) is 10.0. The van der Waals surface area contributed by atoms with Gasteiger partial charge in [0.2, 0.25) is 0 Å². The van der Waals surface area contributed by atoms with Crippen molar-refractivity contribution < 1.29 is 0 Å². The van der Waals surface area contributed by atoms with E-state index in [1.165, 1.54) is 10.5 Å². The molecule has 0 fully saturated rings. The molecule has 0 aliphatic carbocycles. The van der Waals surface area contributed by atoms with E-state index in [4.69, 9.17) is 5.73 Å². The molecule has 0 aliphatic heterocycles. The zero-order valence-electron chi connectivity index (χ0n) is 6.77. The molecular formula is C9H11NS. The van der Waals surface area contributed by atoms with E-state index in [0.717, 1.165) is 6.42 Å². The fourth-order valence-electron chi connectivity index (χ4n) is 0.935. The topological polar surface area (TPSA) is 26.0 Å². The van der Waals surface area contributed by atoms with Gasteiger partial charge in [0.05, 0.1) is 0 Å². The van der Waals surface area contributed by atoms with Crippen LogP contribution in [0.2, 0.25) is 0 Å². The third kappa shape index (κ3) is 1.90. The van der Waals surface area contributed by atoms with Crippen LogP contribution in [0, 0.1) is 12.1 Å². The van der Waals surface area contributed by atoms with Crippen LogP contribution in [0.5, 0.6) is 0 Å². The summed E-state index contributed by atoms with van der Waals surface area (Å²) in [7, 11) is 0. The molecule has 11 heavy (non-hydrogen) atoms. The Morgan fingerprint density at radius 3 is 2.91 bits per heavy atom. The summed E-state index contributed by atoms with van der Waals surface area (Å²) in [6.45, 7) is 2.10. The monoisotopic (exact) mass is 165 g/mol. The molecule has 1 nitrogen and oxygen atoms in total. The third-order valence-corrected chi connectivity index (χ3v) is 2.32. The van der Waals surface area contributed by atoms with Gasteiger partial charge in [0.15, 0.2) is 0 Å². The molecule has 0 spiro atoms. The number of nitrogen functional groups attached to an aromatic ring is 1. The van der Waals surface area contributed by atoms with Crippen molar-refractivity contribution in [2.24, 2.45) is 0 Å². The highest BCUT2D eigenvalue weighted by molar-refractivity contribution is 7.98. The van der Waals surface area contributed by atoms with Gasteiger partial charge in [-0.25, -0.2) is 0 Å². The van der Waals surface area contributed by atoms with Crippen LogP contribution in [0.4, 0.5) is 5.69 Å². The molecule has 0 heterocycles. The van der Waals surface area contributed by atoms with Gasteiger partial charge in [-0.15, -0.1) is 11.8 Å². The number of rotatable bonds is 2. The minimum Gasteiger partial charge on any atom is -0.398 e. The lowest BCUT2D eigenvalue weighted by atomic mass is 10.1. The number of hydrogen-bond acceptors (Lipinski definition) is 2. The molecule has 2 N–H and O–H groups in total. The van der Waals surface area contributed by atoms with Crippen LogP contribution in [0.3, 0.4) is 0 Å². The van der Waals surface area contributed by atoms with E-state index in [2.05, 4.69) is 19.1 Å². The minimum atomic E-state index is 0.611. The fraction of sp³-hybridized carbons (Fsp3) is 0.333. The summed E-state index contributed by atoms with van der Waals surface area (Å²) in [4.78, 5) is 1.22. The predicted molar refractivity (Wildman–Crippen MR) is 49.7 cm³/mol. The Labute approximate surface area is 72.0 Å². The van der Waals surface area contributed by atoms with Gasteiger partial charge in [-0.05, 0) is 24.3 Å². The number of nitrogens with two attached hydrogens (primary N) is 1. The van der Waals surface area contributed by atoms with Gasteiger partial charge in [0.1, 0.15) is 0 Å². The van der Waals surface area contributed by atoms with Crippen molar-refractivity contribution in [3.05, 3.63) is 23.8 Å². The minimum absolute atomic E-state index is 0.611. The second kappa shape index (κ2) is 3.67. The zero-order chi connectivity index (χ0) is 8.27. The molecule has 0 unspecified atom stereocenters. The average molecular weight is 165 g/mol. The summed E-state index contributed by atoms with van der Waals surface area (Å²) in [6.07, 6.45) is 3.03. The van der Waals surface area contributed by atoms with Crippen molar-refractivity contribution in [3.63, 3.8) is 0 Å². The molecule has 0 bridgehead atoms. The van der Waals surface area contributed by atoms with Crippen molar-refractivity contribution in [2.75, 3.05) is 12.0 Å². The predicted octanol–water partition coefficient (Wildman–Crippen LogP) is 2.15. The second-order valence-electron chi connectivity index (χ2n) is 2.23. The molecule has 0 amide bonds. The molecule has 0 aromatic heterocycles. The van der Waals surface area contributed by atoms with Gasteiger partial charge in [-0.3, -0.25) is 0 Å². The number of benzene rings is 1. The van der Waals surface area contributed by atoms with E-state index in [1.807, 2.05) is 12.3 Å². The molecule has 1 aromatic carbocycles. The van der Waals surface area contributed by atoms with Crippen LogP contribution >= 0.6 is 11.8 Å². The largest absolute Gasteiger partial charge is 0.398 e. The van der Waals surface area contributed by atoms with E-state index in [9.17, 15) is 0 Å². The summed E-state index contributed by atoms with van der Waals surface area (Å²) in [5.74, 6) is 0. The van der Waals surface area contributed by atoms with Gasteiger partial charge < -0.3 is 5.73 Å². The highest BCUT2D eigenvalue weighted by Crippen LogP contribution is 2.21. The molecule has 0 aliphatic rings. The second-order valence-corrected chi connectivity index (χ2v) is 3.08. The van der Waals surface area contributed by atoms with Gasteiger partial charge in [-0.1, -0.05) is 6.92 Å². The summed E-state index contributed by atoms with van der Waals surface area (Å²) in [6, 6.07) is 7.93. The Morgan fingerprint density at radius 1 is 1.64 bits per heavy atom. The molecule has 1 aromatic rings. The van der Waals surface area contributed by atoms with E-state index < -0.39 is 0 Å². The van der Waals surface area contributed by atoms with E-state index >= 15 is 0 Å². The average Bonchev–Trinajstić information content (AvgIpc) is 2.04. The van der Waals surface area contributed by atoms with E-state index in [-0.39, 0.29) is 0 Å². The summed E-state index contributed by atoms with van der Waals surface area (Å²) in [5, 5.41) is 0. The van der Waals surface area contributed by atoms with Crippen LogP contribution in [-0.2, 0) is 6.42 Å². The first-order valence-corrected chi connectivity index (χ1v) is 4.76. The molecule has 58 valence electrons. The smallest absolute Gasteiger partial charge is 0.0478 e. The Morgan fingerprint density at radius 2 is 2.36 bits per heavy atom. The molecule has 2 heteroatoms. The van der Waals surface area contributed by atoms with E-state index in [1.54, 1.807) is 11.8 Å². The lowest BCUT2D eigenvalue weighted by Gasteiger charge is -2.03. The molecule has 0 saturated heterocycles. The summed E-state index contributed by atoms with van der Waals surface area (Å²) in [5.41, 5.74) is 7.34. The Hall–Kier alpha value is -0.630. The quantitative estimate of drug-likeness (QED) is 0.537. The molecular weight excluding hydrogens is 154 g/mol. The summed E-state index contributed by atoms with van der Waals surface area (Å²) >= 11 is 1.71.